The molecule has 0 amide bonds. The molecule has 0 aliphatic rings. The Morgan fingerprint density at radius 3 is 2.47 bits per heavy atom. The summed E-state index contributed by atoms with van der Waals surface area (Å²) in [5, 5.41) is 0.0925. The Bertz CT molecular complexity index is 599. The molecule has 100 valence electrons. The van der Waals surface area contributed by atoms with Crippen molar-refractivity contribution in [3.05, 3.63) is 69.7 Å². The molecule has 4 heteroatoms. The van der Waals surface area contributed by atoms with Crippen LogP contribution in [0.5, 0.6) is 0 Å². The Hall–Kier alpha value is -1.45. The van der Waals surface area contributed by atoms with E-state index in [0.717, 1.165) is 11.1 Å². The van der Waals surface area contributed by atoms with Crippen molar-refractivity contribution in [3.8, 4) is 0 Å². The number of nitrogens with two attached hydrogens (primary N) is 1. The summed E-state index contributed by atoms with van der Waals surface area (Å²) in [6.07, 6.45) is 0.471. The number of hydrogen-bond acceptors (Lipinski definition) is 1. The summed E-state index contributed by atoms with van der Waals surface area (Å²) in [6.45, 7) is 1.69. The first-order valence-corrected chi connectivity index (χ1v) is 6.30. The highest BCUT2D eigenvalue weighted by Gasteiger charge is 2.10. The van der Waals surface area contributed by atoms with E-state index in [1.807, 2.05) is 0 Å². The van der Waals surface area contributed by atoms with Gasteiger partial charge in [-0.05, 0) is 48.2 Å². The molecule has 0 aromatic heterocycles. The van der Waals surface area contributed by atoms with E-state index in [-0.39, 0.29) is 16.9 Å². The third kappa shape index (κ3) is 3.31. The van der Waals surface area contributed by atoms with Crippen LogP contribution < -0.4 is 5.73 Å². The quantitative estimate of drug-likeness (QED) is 0.898. The van der Waals surface area contributed by atoms with Crippen molar-refractivity contribution in [3.63, 3.8) is 0 Å². The monoisotopic (exact) mass is 281 g/mol. The molecule has 0 fully saturated rings. The molecule has 2 rings (SSSR count). The van der Waals surface area contributed by atoms with Gasteiger partial charge >= 0.3 is 0 Å². The molecule has 0 radical (unpaired) electrons. The van der Waals surface area contributed by atoms with E-state index in [0.29, 0.717) is 12.0 Å². The van der Waals surface area contributed by atoms with Crippen LogP contribution >= 0.6 is 11.6 Å². The van der Waals surface area contributed by atoms with E-state index >= 15 is 0 Å². The van der Waals surface area contributed by atoms with Crippen molar-refractivity contribution in [2.75, 3.05) is 0 Å². The van der Waals surface area contributed by atoms with Gasteiger partial charge < -0.3 is 5.73 Å². The van der Waals surface area contributed by atoms with Crippen molar-refractivity contribution in [1.82, 2.24) is 0 Å². The Kier molecular flexibility index (Phi) is 4.17. The normalized spacial score (nSPS) is 12.5. The first-order chi connectivity index (χ1) is 8.97. The van der Waals surface area contributed by atoms with Crippen LogP contribution in [0.3, 0.4) is 0 Å². The fraction of sp³-hybridized carbons (Fsp3) is 0.200. The third-order valence-corrected chi connectivity index (χ3v) is 3.36. The molecule has 0 bridgehead atoms. The van der Waals surface area contributed by atoms with Gasteiger partial charge in [0.25, 0.3) is 0 Å². The van der Waals surface area contributed by atoms with E-state index in [1.54, 1.807) is 25.1 Å². The number of rotatable bonds is 3. The summed E-state index contributed by atoms with van der Waals surface area (Å²) < 4.78 is 26.5. The molecule has 2 N–H and O–H groups in total. The summed E-state index contributed by atoms with van der Waals surface area (Å²) in [6, 6.07) is 9.08. The number of aryl methyl sites for hydroxylation is 1. The molecule has 0 spiro atoms. The second-order valence-corrected chi connectivity index (χ2v) is 4.97. The Labute approximate surface area is 116 Å². The average molecular weight is 282 g/mol. The van der Waals surface area contributed by atoms with Gasteiger partial charge in [-0.3, -0.25) is 0 Å². The SMILES string of the molecule is Cc1cc(C(N)Cc2ccc(Cl)c(F)c2)ccc1F. The third-order valence-electron chi connectivity index (χ3n) is 3.05. The van der Waals surface area contributed by atoms with Crippen LogP contribution in [0.25, 0.3) is 0 Å². The van der Waals surface area contributed by atoms with Crippen molar-refractivity contribution in [2.45, 2.75) is 19.4 Å². The maximum absolute atomic E-state index is 13.3. The second kappa shape index (κ2) is 5.68. The van der Waals surface area contributed by atoms with E-state index < -0.39 is 5.82 Å². The molecule has 1 nitrogen and oxygen atoms in total. The first kappa shape index (κ1) is 14.0. The first-order valence-electron chi connectivity index (χ1n) is 5.93. The summed E-state index contributed by atoms with van der Waals surface area (Å²) in [7, 11) is 0. The van der Waals surface area contributed by atoms with Gasteiger partial charge in [-0.2, -0.15) is 0 Å². The van der Waals surface area contributed by atoms with Crippen LogP contribution in [0.4, 0.5) is 8.78 Å². The summed E-state index contributed by atoms with van der Waals surface area (Å²) in [5.41, 5.74) is 8.20. The zero-order valence-corrected chi connectivity index (χ0v) is 11.2. The van der Waals surface area contributed by atoms with Gasteiger partial charge in [0.05, 0.1) is 5.02 Å². The van der Waals surface area contributed by atoms with Gasteiger partial charge in [-0.25, -0.2) is 8.78 Å². The number of benzene rings is 2. The summed E-state index contributed by atoms with van der Waals surface area (Å²) >= 11 is 5.62. The van der Waals surface area contributed by atoms with E-state index in [9.17, 15) is 8.78 Å². The zero-order chi connectivity index (χ0) is 14.0. The number of halogens is 3. The fourth-order valence-corrected chi connectivity index (χ4v) is 2.05. The van der Waals surface area contributed by atoms with Gasteiger partial charge in [0.15, 0.2) is 0 Å². The molecule has 0 heterocycles. The molecule has 1 atom stereocenters. The predicted molar refractivity (Wildman–Crippen MR) is 73.2 cm³/mol. The lowest BCUT2D eigenvalue weighted by Crippen LogP contribution is -2.13. The summed E-state index contributed by atoms with van der Waals surface area (Å²) in [4.78, 5) is 0. The maximum Gasteiger partial charge on any atom is 0.142 e. The van der Waals surface area contributed by atoms with Crippen molar-refractivity contribution < 1.29 is 8.78 Å². The van der Waals surface area contributed by atoms with Crippen molar-refractivity contribution in [1.29, 1.82) is 0 Å². The predicted octanol–water partition coefficient (Wildman–Crippen LogP) is 4.17. The lowest BCUT2D eigenvalue weighted by Gasteiger charge is -2.13. The van der Waals surface area contributed by atoms with Crippen LogP contribution in [0.15, 0.2) is 36.4 Å². The van der Waals surface area contributed by atoms with Crippen molar-refractivity contribution in [2.24, 2.45) is 5.73 Å². The van der Waals surface area contributed by atoms with E-state index in [2.05, 4.69) is 0 Å². The fourth-order valence-electron chi connectivity index (χ4n) is 1.94. The van der Waals surface area contributed by atoms with Crippen LogP contribution in [-0.2, 0) is 6.42 Å². The van der Waals surface area contributed by atoms with Crippen molar-refractivity contribution >= 4 is 11.6 Å². The Morgan fingerprint density at radius 2 is 1.84 bits per heavy atom. The van der Waals surface area contributed by atoms with E-state index in [4.69, 9.17) is 17.3 Å². The Morgan fingerprint density at radius 1 is 1.11 bits per heavy atom. The largest absolute Gasteiger partial charge is 0.324 e. The zero-order valence-electron chi connectivity index (χ0n) is 10.5. The molecule has 2 aromatic carbocycles. The van der Waals surface area contributed by atoms with Gasteiger partial charge in [0, 0.05) is 6.04 Å². The summed E-state index contributed by atoms with van der Waals surface area (Å²) in [5.74, 6) is -0.713. The standard InChI is InChI=1S/C15H14ClF2N/c1-9-6-11(3-5-13(9)17)15(19)8-10-2-4-12(16)14(18)7-10/h2-7,15H,8,19H2,1H3. The average Bonchev–Trinajstić information content (AvgIpc) is 2.37. The van der Waals surface area contributed by atoms with Gasteiger partial charge in [0.1, 0.15) is 11.6 Å². The lowest BCUT2D eigenvalue weighted by atomic mass is 9.98. The molecule has 0 saturated heterocycles. The molecule has 0 saturated carbocycles. The minimum Gasteiger partial charge on any atom is -0.324 e. The Balaban J connectivity index is 2.17. The van der Waals surface area contributed by atoms with Gasteiger partial charge in [0.2, 0.25) is 0 Å². The highest BCUT2D eigenvalue weighted by atomic mass is 35.5. The molecule has 0 aliphatic heterocycles. The van der Waals surface area contributed by atoms with Gasteiger partial charge in [-0.15, -0.1) is 0 Å². The van der Waals surface area contributed by atoms with Crippen LogP contribution in [0.2, 0.25) is 5.02 Å². The van der Waals surface area contributed by atoms with E-state index in [1.165, 1.54) is 18.2 Å². The molecule has 2 aromatic rings. The smallest absolute Gasteiger partial charge is 0.142 e. The molecule has 0 aliphatic carbocycles. The molecule has 1 unspecified atom stereocenters. The topological polar surface area (TPSA) is 26.0 Å². The molecular formula is C15H14ClF2N. The minimum absolute atomic E-state index is 0.0925. The van der Waals surface area contributed by atoms with Crippen LogP contribution in [-0.4, -0.2) is 0 Å². The van der Waals surface area contributed by atoms with Crippen LogP contribution in [0.1, 0.15) is 22.7 Å². The van der Waals surface area contributed by atoms with Gasteiger partial charge in [-0.1, -0.05) is 29.8 Å². The lowest BCUT2D eigenvalue weighted by molar-refractivity contribution is 0.613. The molecular weight excluding hydrogens is 268 g/mol. The molecule has 19 heavy (non-hydrogen) atoms. The minimum atomic E-state index is -0.457. The number of hydrogen-bond donors (Lipinski definition) is 1. The van der Waals surface area contributed by atoms with Crippen LogP contribution in [0, 0.1) is 18.6 Å². The maximum atomic E-state index is 13.3. The highest BCUT2D eigenvalue weighted by molar-refractivity contribution is 6.30. The highest BCUT2D eigenvalue weighted by Crippen LogP contribution is 2.21. The second-order valence-electron chi connectivity index (χ2n) is 4.57.